The summed E-state index contributed by atoms with van der Waals surface area (Å²) >= 11 is 6.30. The van der Waals surface area contributed by atoms with Gasteiger partial charge in [0.1, 0.15) is 13.2 Å². The van der Waals surface area contributed by atoms with Crippen LogP contribution in [-0.4, -0.2) is 42.4 Å². The lowest BCUT2D eigenvalue weighted by Crippen LogP contribution is -2.29. The van der Waals surface area contributed by atoms with E-state index in [0.717, 1.165) is 31.7 Å². The minimum absolute atomic E-state index is 0.278. The summed E-state index contributed by atoms with van der Waals surface area (Å²) in [5.74, 6) is 1.43. The monoisotopic (exact) mass is 311 g/mol. The highest BCUT2D eigenvalue weighted by Gasteiger charge is 2.25. The average molecular weight is 312 g/mol. The summed E-state index contributed by atoms with van der Waals surface area (Å²) in [5.41, 5.74) is 1.17. The van der Waals surface area contributed by atoms with Gasteiger partial charge in [0.25, 0.3) is 0 Å². The van der Waals surface area contributed by atoms with Crippen molar-refractivity contribution in [3.8, 4) is 11.5 Å². The molecule has 1 atom stereocenters. The highest BCUT2D eigenvalue weighted by atomic mass is 35.5. The molecule has 5 heteroatoms. The summed E-state index contributed by atoms with van der Waals surface area (Å²) in [7, 11) is 0. The second-order valence-electron chi connectivity index (χ2n) is 5.73. The summed E-state index contributed by atoms with van der Waals surface area (Å²) in [5, 5.41) is 9.64. The van der Waals surface area contributed by atoms with E-state index in [9.17, 15) is 0 Å². The van der Waals surface area contributed by atoms with E-state index in [1.165, 1.54) is 18.4 Å². The smallest absolute Gasteiger partial charge is 0.179 e. The summed E-state index contributed by atoms with van der Waals surface area (Å²) in [4.78, 5) is 2.48. The Morgan fingerprint density at radius 3 is 3.00 bits per heavy atom. The molecule has 0 aliphatic carbocycles. The molecule has 4 nitrogen and oxygen atoms in total. The van der Waals surface area contributed by atoms with Crippen LogP contribution in [0.1, 0.15) is 31.2 Å². The van der Waals surface area contributed by atoms with Gasteiger partial charge in [-0.25, -0.2) is 0 Å². The van der Waals surface area contributed by atoms with Gasteiger partial charge in [0.2, 0.25) is 0 Å². The Bertz CT molecular complexity index is 495. The predicted octanol–water partition coefficient (Wildman–Crippen LogP) is 2.85. The molecule has 2 aliphatic heterocycles. The first-order chi connectivity index (χ1) is 10.3. The Hall–Kier alpha value is -0.970. The molecule has 1 N–H and O–H groups in total. The molecule has 2 aliphatic rings. The lowest BCUT2D eigenvalue weighted by Gasteiger charge is -2.26. The van der Waals surface area contributed by atoms with Gasteiger partial charge < -0.3 is 14.6 Å². The van der Waals surface area contributed by atoms with Crippen molar-refractivity contribution in [2.24, 2.45) is 0 Å². The zero-order valence-corrected chi connectivity index (χ0v) is 12.9. The quantitative estimate of drug-likeness (QED) is 0.908. The number of aliphatic hydroxyl groups excluding tert-OH is 1. The fourth-order valence-corrected chi connectivity index (χ4v) is 3.54. The van der Waals surface area contributed by atoms with Gasteiger partial charge in [0.05, 0.1) is 5.02 Å². The number of rotatable bonds is 5. The zero-order valence-electron chi connectivity index (χ0n) is 12.2. The molecule has 0 amide bonds. The van der Waals surface area contributed by atoms with Crippen LogP contribution < -0.4 is 9.47 Å². The van der Waals surface area contributed by atoms with E-state index in [1.54, 1.807) is 0 Å². The molecule has 116 valence electrons. The first-order valence-electron chi connectivity index (χ1n) is 7.71. The maximum Gasteiger partial charge on any atom is 0.179 e. The number of fused-ring (bicyclic) bond motifs is 1. The van der Waals surface area contributed by atoms with Gasteiger partial charge in [-0.1, -0.05) is 11.6 Å². The van der Waals surface area contributed by atoms with E-state index in [-0.39, 0.29) is 6.61 Å². The molecule has 2 heterocycles. The predicted molar refractivity (Wildman–Crippen MR) is 82.2 cm³/mol. The van der Waals surface area contributed by atoms with Gasteiger partial charge in [-0.15, -0.1) is 0 Å². The first kappa shape index (κ1) is 14.9. The van der Waals surface area contributed by atoms with Crippen molar-refractivity contribution >= 4 is 11.6 Å². The van der Waals surface area contributed by atoms with E-state index >= 15 is 0 Å². The molecule has 1 unspecified atom stereocenters. The maximum absolute atomic E-state index is 9.01. The number of likely N-dealkylation sites (tertiary alicyclic amines) is 1. The van der Waals surface area contributed by atoms with Crippen molar-refractivity contribution in [1.82, 2.24) is 4.90 Å². The molecule has 1 aromatic carbocycles. The SMILES string of the molecule is OCCCC1CCCN1Cc1cc(Cl)c2c(c1)OCCO2. The minimum atomic E-state index is 0.278. The molecule has 0 saturated carbocycles. The van der Waals surface area contributed by atoms with Crippen molar-refractivity contribution in [2.45, 2.75) is 38.3 Å². The molecule has 0 bridgehead atoms. The Morgan fingerprint density at radius 1 is 1.29 bits per heavy atom. The lowest BCUT2D eigenvalue weighted by molar-refractivity contribution is 0.170. The van der Waals surface area contributed by atoms with Crippen LogP contribution >= 0.6 is 11.6 Å². The van der Waals surface area contributed by atoms with Gasteiger partial charge in [0, 0.05) is 19.2 Å². The topological polar surface area (TPSA) is 41.9 Å². The lowest BCUT2D eigenvalue weighted by atomic mass is 10.1. The molecule has 0 aromatic heterocycles. The summed E-state index contributed by atoms with van der Waals surface area (Å²) in [6.45, 7) is 3.41. The minimum Gasteiger partial charge on any atom is -0.486 e. The van der Waals surface area contributed by atoms with Crippen molar-refractivity contribution in [3.05, 3.63) is 22.7 Å². The van der Waals surface area contributed by atoms with Gasteiger partial charge in [0.15, 0.2) is 11.5 Å². The van der Waals surface area contributed by atoms with Crippen molar-refractivity contribution in [1.29, 1.82) is 0 Å². The number of hydrogen-bond donors (Lipinski definition) is 1. The van der Waals surface area contributed by atoms with Gasteiger partial charge >= 0.3 is 0 Å². The van der Waals surface area contributed by atoms with Gasteiger partial charge in [-0.2, -0.15) is 0 Å². The summed E-state index contributed by atoms with van der Waals surface area (Å²) < 4.78 is 11.2. The Kier molecular flexibility index (Phi) is 4.88. The third-order valence-corrected chi connectivity index (χ3v) is 4.52. The Morgan fingerprint density at radius 2 is 2.14 bits per heavy atom. The molecular formula is C16H22ClNO3. The highest BCUT2D eigenvalue weighted by Crippen LogP contribution is 2.39. The average Bonchev–Trinajstić information content (AvgIpc) is 2.92. The summed E-state index contributed by atoms with van der Waals surface area (Å²) in [6, 6.07) is 4.60. The first-order valence-corrected chi connectivity index (χ1v) is 8.08. The highest BCUT2D eigenvalue weighted by molar-refractivity contribution is 6.32. The third-order valence-electron chi connectivity index (χ3n) is 4.24. The van der Waals surface area contributed by atoms with Crippen LogP contribution in [0.5, 0.6) is 11.5 Å². The molecule has 0 spiro atoms. The molecule has 3 rings (SSSR count). The third kappa shape index (κ3) is 3.44. The largest absolute Gasteiger partial charge is 0.486 e. The molecular weight excluding hydrogens is 290 g/mol. The Balaban J connectivity index is 1.71. The fraction of sp³-hybridized carbons (Fsp3) is 0.625. The van der Waals surface area contributed by atoms with Crippen LogP contribution in [-0.2, 0) is 6.54 Å². The van der Waals surface area contributed by atoms with E-state index in [1.807, 2.05) is 12.1 Å². The molecule has 1 aromatic rings. The number of nitrogens with zero attached hydrogens (tertiary/aromatic N) is 1. The van der Waals surface area contributed by atoms with Crippen molar-refractivity contribution in [2.75, 3.05) is 26.4 Å². The molecule has 0 radical (unpaired) electrons. The van der Waals surface area contributed by atoms with Crippen LogP contribution in [0.4, 0.5) is 0 Å². The number of ether oxygens (including phenoxy) is 2. The number of aliphatic hydroxyl groups is 1. The van der Waals surface area contributed by atoms with Gasteiger partial charge in [-0.3, -0.25) is 4.90 Å². The second-order valence-corrected chi connectivity index (χ2v) is 6.14. The molecule has 1 fully saturated rings. The standard InChI is InChI=1S/C16H22ClNO3/c17-14-9-12(10-15-16(14)21-8-7-20-15)11-18-5-1-3-13(18)4-2-6-19/h9-10,13,19H,1-8,11H2. The molecule has 21 heavy (non-hydrogen) atoms. The van der Waals surface area contributed by atoms with Crippen molar-refractivity contribution in [3.63, 3.8) is 0 Å². The van der Waals surface area contributed by atoms with Crippen LogP contribution in [0, 0.1) is 0 Å². The van der Waals surface area contributed by atoms with E-state index < -0.39 is 0 Å². The maximum atomic E-state index is 9.01. The van der Waals surface area contributed by atoms with E-state index in [0.29, 0.717) is 30.0 Å². The van der Waals surface area contributed by atoms with Crippen LogP contribution in [0.3, 0.4) is 0 Å². The van der Waals surface area contributed by atoms with Gasteiger partial charge in [-0.05, 0) is 49.9 Å². The number of halogens is 1. The second kappa shape index (κ2) is 6.86. The van der Waals surface area contributed by atoms with Crippen LogP contribution in [0.25, 0.3) is 0 Å². The Labute approximate surface area is 130 Å². The normalized spacial score (nSPS) is 21.7. The van der Waals surface area contributed by atoms with E-state index in [2.05, 4.69) is 4.90 Å². The number of hydrogen-bond acceptors (Lipinski definition) is 4. The zero-order chi connectivity index (χ0) is 14.7. The van der Waals surface area contributed by atoms with E-state index in [4.69, 9.17) is 26.2 Å². The fourth-order valence-electron chi connectivity index (χ4n) is 3.25. The van der Waals surface area contributed by atoms with Crippen LogP contribution in [0.2, 0.25) is 5.02 Å². The summed E-state index contributed by atoms with van der Waals surface area (Å²) in [6.07, 6.45) is 4.39. The molecule has 1 saturated heterocycles. The van der Waals surface area contributed by atoms with Crippen molar-refractivity contribution < 1.29 is 14.6 Å². The van der Waals surface area contributed by atoms with Crippen LogP contribution in [0.15, 0.2) is 12.1 Å². The number of benzene rings is 1.